The monoisotopic (exact) mass is 287 g/mol. The second kappa shape index (κ2) is 5.61. The first-order valence-corrected chi connectivity index (χ1v) is 6.87. The van der Waals surface area contributed by atoms with E-state index in [2.05, 4.69) is 21.7 Å². The molecule has 0 saturated carbocycles. The molecule has 1 aliphatic rings. The molecule has 2 heterocycles. The first-order chi connectivity index (χ1) is 9.75. The van der Waals surface area contributed by atoms with Crippen LogP contribution in [0.25, 0.3) is 0 Å². The van der Waals surface area contributed by atoms with Gasteiger partial charge < -0.3 is 10.6 Å². The maximum absolute atomic E-state index is 12.4. The largest absolute Gasteiger partial charge is 0.319 e. The topological polar surface area (TPSA) is 54.0 Å². The van der Waals surface area contributed by atoms with E-state index in [1.165, 1.54) is 5.56 Å². The zero-order valence-electron chi connectivity index (χ0n) is 10.8. The second-order valence-corrected chi connectivity index (χ2v) is 5.02. The van der Waals surface area contributed by atoms with Crippen molar-refractivity contribution in [3.05, 3.63) is 58.4 Å². The van der Waals surface area contributed by atoms with Crippen LogP contribution < -0.4 is 10.6 Å². The number of benzene rings is 1. The van der Waals surface area contributed by atoms with Crippen molar-refractivity contribution < 1.29 is 4.79 Å². The summed E-state index contributed by atoms with van der Waals surface area (Å²) in [6.45, 7) is 1.70. The van der Waals surface area contributed by atoms with Crippen molar-refractivity contribution in [2.45, 2.75) is 13.0 Å². The molecule has 1 aromatic heterocycles. The van der Waals surface area contributed by atoms with Gasteiger partial charge in [-0.3, -0.25) is 4.79 Å². The number of carbonyl (C=O) groups is 1. The molecule has 1 aliphatic heterocycles. The molecule has 1 amide bonds. The van der Waals surface area contributed by atoms with Gasteiger partial charge in [0, 0.05) is 18.3 Å². The van der Waals surface area contributed by atoms with E-state index in [1.807, 2.05) is 12.1 Å². The van der Waals surface area contributed by atoms with Crippen molar-refractivity contribution >= 4 is 23.2 Å². The molecular formula is C15H14ClN3O. The molecule has 0 fully saturated rings. The molecule has 20 heavy (non-hydrogen) atoms. The number of halogens is 1. The highest BCUT2D eigenvalue weighted by Gasteiger charge is 2.17. The van der Waals surface area contributed by atoms with E-state index >= 15 is 0 Å². The van der Waals surface area contributed by atoms with Crippen molar-refractivity contribution in [2.75, 3.05) is 11.9 Å². The third-order valence-electron chi connectivity index (χ3n) is 3.39. The van der Waals surface area contributed by atoms with Crippen LogP contribution in [0.15, 0.2) is 36.5 Å². The number of carbonyl (C=O) groups excluding carboxylic acids is 1. The Balaban J connectivity index is 1.90. The molecule has 1 aromatic carbocycles. The minimum Gasteiger partial charge on any atom is -0.319 e. The van der Waals surface area contributed by atoms with E-state index in [0.717, 1.165) is 25.1 Å². The molecule has 0 atom stereocenters. The fourth-order valence-corrected chi connectivity index (χ4v) is 2.58. The molecule has 2 N–H and O–H groups in total. The Morgan fingerprint density at radius 3 is 3.05 bits per heavy atom. The fraction of sp³-hybridized carbons (Fsp3) is 0.200. The quantitative estimate of drug-likeness (QED) is 0.835. The number of rotatable bonds is 2. The Hall–Kier alpha value is -1.91. The highest BCUT2D eigenvalue weighted by molar-refractivity contribution is 6.32. The highest BCUT2D eigenvalue weighted by atomic mass is 35.5. The van der Waals surface area contributed by atoms with Gasteiger partial charge >= 0.3 is 0 Å². The summed E-state index contributed by atoms with van der Waals surface area (Å²) in [5.74, 6) is -0.140. The van der Waals surface area contributed by atoms with Gasteiger partial charge in [0.25, 0.3) is 5.91 Å². The summed E-state index contributed by atoms with van der Waals surface area (Å²) in [5.41, 5.74) is 3.54. The number of anilines is 1. The molecule has 2 aromatic rings. The molecule has 0 bridgehead atoms. The van der Waals surface area contributed by atoms with Crippen LogP contribution in [0.3, 0.4) is 0 Å². The average Bonchev–Trinajstić information content (AvgIpc) is 2.49. The zero-order chi connectivity index (χ0) is 13.9. The van der Waals surface area contributed by atoms with Gasteiger partial charge in [-0.2, -0.15) is 0 Å². The summed E-state index contributed by atoms with van der Waals surface area (Å²) < 4.78 is 0. The summed E-state index contributed by atoms with van der Waals surface area (Å²) in [6.07, 6.45) is 2.45. The average molecular weight is 288 g/mol. The third kappa shape index (κ3) is 2.53. The predicted octanol–water partition coefficient (Wildman–Crippen LogP) is 2.63. The summed E-state index contributed by atoms with van der Waals surface area (Å²) in [4.78, 5) is 16.4. The van der Waals surface area contributed by atoms with Gasteiger partial charge in [-0.15, -0.1) is 0 Å². The third-order valence-corrected chi connectivity index (χ3v) is 3.69. The fourth-order valence-electron chi connectivity index (χ4n) is 2.41. The lowest BCUT2D eigenvalue weighted by atomic mass is 9.95. The van der Waals surface area contributed by atoms with Gasteiger partial charge in [-0.1, -0.05) is 23.7 Å². The van der Waals surface area contributed by atoms with Gasteiger partial charge in [-0.25, -0.2) is 4.98 Å². The van der Waals surface area contributed by atoms with Crippen molar-refractivity contribution in [3.8, 4) is 0 Å². The van der Waals surface area contributed by atoms with Crippen LogP contribution >= 0.6 is 11.6 Å². The van der Waals surface area contributed by atoms with Crippen LogP contribution in [0.5, 0.6) is 0 Å². The summed E-state index contributed by atoms with van der Waals surface area (Å²) in [6, 6.07) is 9.29. The maximum atomic E-state index is 12.4. The molecule has 0 spiro atoms. The Kier molecular flexibility index (Phi) is 3.67. The number of fused-ring (bicyclic) bond motifs is 1. The number of nitrogens with one attached hydrogen (secondary N) is 2. The number of hydrogen-bond acceptors (Lipinski definition) is 3. The Bertz CT molecular complexity index is 657. The smallest absolute Gasteiger partial charge is 0.256 e. The number of aromatic nitrogens is 1. The standard InChI is InChI=1S/C15H14ClN3O/c16-14-13(5-2-7-18-14)19-15(20)12-4-1-3-10-9-17-8-6-11(10)12/h1-5,7,17H,6,8-9H2,(H,19,20). The van der Waals surface area contributed by atoms with Crippen LogP contribution in [-0.2, 0) is 13.0 Å². The molecule has 0 aliphatic carbocycles. The van der Waals surface area contributed by atoms with E-state index in [4.69, 9.17) is 11.6 Å². The Morgan fingerprint density at radius 1 is 1.30 bits per heavy atom. The summed E-state index contributed by atoms with van der Waals surface area (Å²) in [7, 11) is 0. The van der Waals surface area contributed by atoms with E-state index in [-0.39, 0.29) is 5.91 Å². The van der Waals surface area contributed by atoms with Gasteiger partial charge in [0.15, 0.2) is 5.15 Å². The second-order valence-electron chi connectivity index (χ2n) is 4.67. The van der Waals surface area contributed by atoms with Crippen LogP contribution in [0.1, 0.15) is 21.5 Å². The van der Waals surface area contributed by atoms with Crippen molar-refractivity contribution in [1.29, 1.82) is 0 Å². The first-order valence-electron chi connectivity index (χ1n) is 6.49. The Morgan fingerprint density at radius 2 is 2.20 bits per heavy atom. The summed E-state index contributed by atoms with van der Waals surface area (Å²) >= 11 is 5.96. The first kappa shape index (κ1) is 13.1. The number of pyridine rings is 1. The van der Waals surface area contributed by atoms with Crippen LogP contribution in [0.4, 0.5) is 5.69 Å². The number of amides is 1. The Labute approximate surface area is 122 Å². The minimum absolute atomic E-state index is 0.140. The molecule has 0 radical (unpaired) electrons. The number of hydrogen-bond donors (Lipinski definition) is 2. The van der Waals surface area contributed by atoms with Crippen molar-refractivity contribution in [3.63, 3.8) is 0 Å². The lowest BCUT2D eigenvalue weighted by Gasteiger charge is -2.20. The van der Waals surface area contributed by atoms with Gasteiger partial charge in [0.05, 0.1) is 5.69 Å². The molecule has 3 rings (SSSR count). The van der Waals surface area contributed by atoms with E-state index < -0.39 is 0 Å². The van der Waals surface area contributed by atoms with E-state index in [0.29, 0.717) is 16.4 Å². The van der Waals surface area contributed by atoms with E-state index in [9.17, 15) is 4.79 Å². The van der Waals surface area contributed by atoms with Crippen LogP contribution in [0, 0.1) is 0 Å². The SMILES string of the molecule is O=C(Nc1cccnc1Cl)c1cccc2c1CCNC2. The van der Waals surface area contributed by atoms with Gasteiger partial charge in [0.1, 0.15) is 0 Å². The molecule has 0 unspecified atom stereocenters. The van der Waals surface area contributed by atoms with Gasteiger partial charge in [0.2, 0.25) is 0 Å². The molecule has 4 nitrogen and oxygen atoms in total. The molecule has 102 valence electrons. The maximum Gasteiger partial charge on any atom is 0.256 e. The molecular weight excluding hydrogens is 274 g/mol. The van der Waals surface area contributed by atoms with Crippen LogP contribution in [0.2, 0.25) is 5.15 Å². The van der Waals surface area contributed by atoms with Crippen LogP contribution in [-0.4, -0.2) is 17.4 Å². The zero-order valence-corrected chi connectivity index (χ0v) is 11.6. The predicted molar refractivity (Wildman–Crippen MR) is 79.1 cm³/mol. The number of nitrogens with zero attached hydrogens (tertiary/aromatic N) is 1. The lowest BCUT2D eigenvalue weighted by Crippen LogP contribution is -2.26. The molecule has 0 saturated heterocycles. The van der Waals surface area contributed by atoms with Gasteiger partial charge in [-0.05, 0) is 42.3 Å². The summed E-state index contributed by atoms with van der Waals surface area (Å²) in [5, 5.41) is 6.42. The van der Waals surface area contributed by atoms with E-state index in [1.54, 1.807) is 18.3 Å². The normalized spacial score (nSPS) is 13.7. The lowest BCUT2D eigenvalue weighted by molar-refractivity contribution is 0.102. The molecule has 5 heteroatoms. The highest BCUT2D eigenvalue weighted by Crippen LogP contribution is 2.22. The minimum atomic E-state index is -0.140. The van der Waals surface area contributed by atoms with Crippen molar-refractivity contribution in [1.82, 2.24) is 10.3 Å². The van der Waals surface area contributed by atoms with Crippen molar-refractivity contribution in [2.24, 2.45) is 0 Å².